The molecule has 0 saturated heterocycles. The van der Waals surface area contributed by atoms with Gasteiger partial charge in [-0.3, -0.25) is 4.98 Å². The number of rotatable bonds is 2. The number of anilines is 1. The van der Waals surface area contributed by atoms with Crippen molar-refractivity contribution in [2.24, 2.45) is 5.73 Å². The summed E-state index contributed by atoms with van der Waals surface area (Å²) in [6, 6.07) is 5.46. The number of hydrogen-bond acceptors (Lipinski definition) is 4. The SMILES string of the molecule is Cc1cccnc1C(N)c1c(C)ccnc1N. The summed E-state index contributed by atoms with van der Waals surface area (Å²) in [5.74, 6) is 0.475. The van der Waals surface area contributed by atoms with Crippen LogP contribution in [0.4, 0.5) is 5.82 Å². The fourth-order valence-electron chi connectivity index (χ4n) is 1.96. The highest BCUT2D eigenvalue weighted by Crippen LogP contribution is 2.26. The molecule has 2 aromatic rings. The fourth-order valence-corrected chi connectivity index (χ4v) is 1.96. The standard InChI is InChI=1S/C13H16N4/c1-8-5-7-17-13(15)10(8)11(14)12-9(2)4-3-6-16-12/h3-7,11H,14H2,1-2H3,(H2,15,17). The molecule has 0 aliphatic heterocycles. The van der Waals surface area contributed by atoms with Crippen LogP contribution in [0.25, 0.3) is 0 Å². The number of hydrogen-bond donors (Lipinski definition) is 2. The molecule has 0 amide bonds. The molecular formula is C13H16N4. The van der Waals surface area contributed by atoms with E-state index in [1.165, 1.54) is 0 Å². The minimum atomic E-state index is -0.329. The number of nitrogens with two attached hydrogens (primary N) is 2. The van der Waals surface area contributed by atoms with Crippen molar-refractivity contribution in [3.8, 4) is 0 Å². The lowest BCUT2D eigenvalue weighted by Gasteiger charge is -2.17. The second-order valence-electron chi connectivity index (χ2n) is 4.11. The van der Waals surface area contributed by atoms with Gasteiger partial charge >= 0.3 is 0 Å². The summed E-state index contributed by atoms with van der Waals surface area (Å²) >= 11 is 0. The zero-order valence-corrected chi connectivity index (χ0v) is 10.0. The Morgan fingerprint density at radius 3 is 2.47 bits per heavy atom. The average molecular weight is 228 g/mol. The highest BCUT2D eigenvalue weighted by Gasteiger charge is 2.17. The summed E-state index contributed by atoms with van der Waals surface area (Å²) in [4.78, 5) is 8.41. The van der Waals surface area contributed by atoms with Crippen LogP contribution in [0.3, 0.4) is 0 Å². The molecule has 0 spiro atoms. The summed E-state index contributed by atoms with van der Waals surface area (Å²) in [5, 5.41) is 0. The van der Waals surface area contributed by atoms with Crippen molar-refractivity contribution in [1.29, 1.82) is 0 Å². The van der Waals surface area contributed by atoms with Gasteiger partial charge in [0.2, 0.25) is 0 Å². The van der Waals surface area contributed by atoms with E-state index in [1.54, 1.807) is 12.4 Å². The highest BCUT2D eigenvalue weighted by atomic mass is 14.9. The molecule has 4 nitrogen and oxygen atoms in total. The molecule has 4 N–H and O–H groups in total. The van der Waals surface area contributed by atoms with Crippen molar-refractivity contribution in [2.45, 2.75) is 19.9 Å². The minimum absolute atomic E-state index is 0.329. The van der Waals surface area contributed by atoms with Gasteiger partial charge in [-0.1, -0.05) is 6.07 Å². The van der Waals surface area contributed by atoms with Gasteiger partial charge in [0, 0.05) is 18.0 Å². The normalized spacial score (nSPS) is 12.4. The molecule has 2 heterocycles. The molecule has 0 saturated carbocycles. The van der Waals surface area contributed by atoms with E-state index in [-0.39, 0.29) is 6.04 Å². The van der Waals surface area contributed by atoms with Gasteiger partial charge in [0.15, 0.2) is 0 Å². The molecule has 0 aliphatic carbocycles. The van der Waals surface area contributed by atoms with Crippen molar-refractivity contribution in [2.75, 3.05) is 5.73 Å². The van der Waals surface area contributed by atoms with Crippen molar-refractivity contribution < 1.29 is 0 Å². The second-order valence-corrected chi connectivity index (χ2v) is 4.11. The van der Waals surface area contributed by atoms with Crippen molar-refractivity contribution in [1.82, 2.24) is 9.97 Å². The minimum Gasteiger partial charge on any atom is -0.383 e. The molecule has 0 bridgehead atoms. The van der Waals surface area contributed by atoms with Gasteiger partial charge in [0.25, 0.3) is 0 Å². The molecule has 1 unspecified atom stereocenters. The fraction of sp³-hybridized carbons (Fsp3) is 0.231. The Bertz CT molecular complexity index is 516. The smallest absolute Gasteiger partial charge is 0.128 e. The van der Waals surface area contributed by atoms with Gasteiger partial charge < -0.3 is 11.5 Å². The Morgan fingerprint density at radius 1 is 1.06 bits per heavy atom. The molecule has 0 radical (unpaired) electrons. The van der Waals surface area contributed by atoms with Gasteiger partial charge in [-0.05, 0) is 37.1 Å². The molecule has 4 heteroatoms. The molecular weight excluding hydrogens is 212 g/mol. The predicted octanol–water partition coefficient (Wildman–Crippen LogP) is 1.72. The molecule has 0 fully saturated rings. The molecule has 88 valence electrons. The summed E-state index contributed by atoms with van der Waals surface area (Å²) < 4.78 is 0. The maximum absolute atomic E-state index is 6.24. The number of pyridine rings is 2. The molecule has 1 atom stereocenters. The lowest BCUT2D eigenvalue weighted by molar-refractivity contribution is 0.808. The first-order valence-corrected chi connectivity index (χ1v) is 5.49. The topological polar surface area (TPSA) is 77.8 Å². The van der Waals surface area contributed by atoms with E-state index in [1.807, 2.05) is 32.0 Å². The molecule has 2 aromatic heterocycles. The number of aromatic nitrogens is 2. The van der Waals surface area contributed by atoms with Crippen LogP contribution in [0.15, 0.2) is 30.6 Å². The third-order valence-corrected chi connectivity index (χ3v) is 2.89. The molecule has 17 heavy (non-hydrogen) atoms. The maximum Gasteiger partial charge on any atom is 0.128 e. The van der Waals surface area contributed by atoms with Crippen LogP contribution in [0.1, 0.15) is 28.4 Å². The molecule has 2 rings (SSSR count). The van der Waals surface area contributed by atoms with Crippen LogP contribution < -0.4 is 11.5 Å². The second kappa shape index (κ2) is 4.51. The largest absolute Gasteiger partial charge is 0.383 e. The Hall–Kier alpha value is -1.94. The zero-order chi connectivity index (χ0) is 12.4. The first-order chi connectivity index (χ1) is 8.11. The van der Waals surface area contributed by atoms with E-state index >= 15 is 0 Å². The maximum atomic E-state index is 6.24. The Labute approximate surface area is 101 Å². The highest BCUT2D eigenvalue weighted by molar-refractivity contribution is 5.49. The van der Waals surface area contributed by atoms with Crippen LogP contribution in [0.5, 0.6) is 0 Å². The van der Waals surface area contributed by atoms with Crippen LogP contribution >= 0.6 is 0 Å². The monoisotopic (exact) mass is 228 g/mol. The van der Waals surface area contributed by atoms with Crippen molar-refractivity contribution in [3.05, 3.63) is 53.0 Å². The van der Waals surface area contributed by atoms with Crippen molar-refractivity contribution in [3.63, 3.8) is 0 Å². The number of nitrogen functional groups attached to an aromatic ring is 1. The third kappa shape index (κ3) is 2.12. The third-order valence-electron chi connectivity index (χ3n) is 2.89. The van der Waals surface area contributed by atoms with Gasteiger partial charge in [-0.2, -0.15) is 0 Å². The van der Waals surface area contributed by atoms with E-state index in [4.69, 9.17) is 11.5 Å². The lowest BCUT2D eigenvalue weighted by Crippen LogP contribution is -2.18. The Balaban J connectivity index is 2.51. The van der Waals surface area contributed by atoms with Crippen LogP contribution in [-0.2, 0) is 0 Å². The molecule has 0 aliphatic rings. The lowest BCUT2D eigenvalue weighted by atomic mass is 9.98. The summed E-state index contributed by atoms with van der Waals surface area (Å²) in [6.07, 6.45) is 3.43. The van der Waals surface area contributed by atoms with Gasteiger partial charge in [-0.15, -0.1) is 0 Å². The van der Waals surface area contributed by atoms with Gasteiger partial charge in [0.05, 0.1) is 11.7 Å². The van der Waals surface area contributed by atoms with Gasteiger partial charge in [-0.25, -0.2) is 4.98 Å². The summed E-state index contributed by atoms with van der Waals surface area (Å²) in [5.41, 5.74) is 15.9. The predicted molar refractivity (Wildman–Crippen MR) is 68.4 cm³/mol. The summed E-state index contributed by atoms with van der Waals surface area (Å²) in [7, 11) is 0. The average Bonchev–Trinajstić information content (AvgIpc) is 2.29. The van der Waals surface area contributed by atoms with Crippen LogP contribution in [-0.4, -0.2) is 9.97 Å². The Kier molecular flexibility index (Phi) is 3.06. The van der Waals surface area contributed by atoms with Crippen molar-refractivity contribution >= 4 is 5.82 Å². The van der Waals surface area contributed by atoms with E-state index in [0.717, 1.165) is 22.4 Å². The zero-order valence-electron chi connectivity index (χ0n) is 10.0. The first-order valence-electron chi connectivity index (χ1n) is 5.49. The molecule has 0 aromatic carbocycles. The van der Waals surface area contributed by atoms with E-state index in [2.05, 4.69) is 9.97 Å². The van der Waals surface area contributed by atoms with E-state index in [0.29, 0.717) is 5.82 Å². The number of nitrogens with zero attached hydrogens (tertiary/aromatic N) is 2. The van der Waals surface area contributed by atoms with Crippen LogP contribution in [0, 0.1) is 13.8 Å². The first kappa shape index (κ1) is 11.5. The van der Waals surface area contributed by atoms with Gasteiger partial charge in [0.1, 0.15) is 5.82 Å². The Morgan fingerprint density at radius 2 is 1.82 bits per heavy atom. The van der Waals surface area contributed by atoms with Crippen LogP contribution in [0.2, 0.25) is 0 Å². The van der Waals surface area contributed by atoms with E-state index < -0.39 is 0 Å². The quantitative estimate of drug-likeness (QED) is 0.820. The van der Waals surface area contributed by atoms with E-state index in [9.17, 15) is 0 Å². The number of aryl methyl sites for hydroxylation is 2. The summed E-state index contributed by atoms with van der Waals surface area (Å²) in [6.45, 7) is 3.97.